The van der Waals surface area contributed by atoms with E-state index in [1.165, 1.54) is 24.1 Å². The minimum Gasteiger partial charge on any atom is -0.467 e. The maximum absolute atomic E-state index is 12.8. The number of aryl methyl sites for hydroxylation is 1. The highest BCUT2D eigenvalue weighted by Crippen LogP contribution is 2.15. The molecule has 0 spiro atoms. The van der Waals surface area contributed by atoms with Crippen LogP contribution in [0.2, 0.25) is 0 Å². The Hall–Kier alpha value is -4.01. The van der Waals surface area contributed by atoms with E-state index in [1.54, 1.807) is 12.1 Å². The van der Waals surface area contributed by atoms with Gasteiger partial charge >= 0.3 is 5.69 Å². The van der Waals surface area contributed by atoms with Crippen LogP contribution in [0.15, 0.2) is 68.9 Å². The summed E-state index contributed by atoms with van der Waals surface area (Å²) in [7, 11) is 1.50. The summed E-state index contributed by atoms with van der Waals surface area (Å²) >= 11 is 0. The monoisotopic (exact) mass is 391 g/mol. The Kier molecular flexibility index (Phi) is 4.78. The van der Waals surface area contributed by atoms with Crippen molar-refractivity contribution >= 4 is 16.9 Å². The SMILES string of the molecule is Cn1c(=O)n(CC(=O)NCc2ccco2)c(=O)c2cnc(-c3ccccc3)nc21. The van der Waals surface area contributed by atoms with E-state index in [9.17, 15) is 14.4 Å². The molecule has 0 saturated heterocycles. The molecule has 0 aliphatic heterocycles. The van der Waals surface area contributed by atoms with Gasteiger partial charge in [-0.05, 0) is 12.1 Å². The van der Waals surface area contributed by atoms with Crippen molar-refractivity contribution < 1.29 is 9.21 Å². The van der Waals surface area contributed by atoms with Crippen molar-refractivity contribution in [3.8, 4) is 11.4 Å². The zero-order chi connectivity index (χ0) is 20.4. The first-order valence-corrected chi connectivity index (χ1v) is 8.85. The van der Waals surface area contributed by atoms with Crippen LogP contribution in [0, 0.1) is 0 Å². The van der Waals surface area contributed by atoms with Crippen LogP contribution in [0.4, 0.5) is 0 Å². The number of hydrogen-bond acceptors (Lipinski definition) is 6. The van der Waals surface area contributed by atoms with Gasteiger partial charge in [-0.25, -0.2) is 14.8 Å². The Balaban J connectivity index is 1.68. The second kappa shape index (κ2) is 7.55. The molecule has 1 amide bonds. The minimum absolute atomic E-state index is 0.158. The van der Waals surface area contributed by atoms with Crippen molar-refractivity contribution in [2.45, 2.75) is 13.1 Å². The zero-order valence-corrected chi connectivity index (χ0v) is 15.5. The molecule has 0 aliphatic carbocycles. The van der Waals surface area contributed by atoms with Crippen molar-refractivity contribution in [1.29, 1.82) is 0 Å². The van der Waals surface area contributed by atoms with Crippen LogP contribution < -0.4 is 16.6 Å². The summed E-state index contributed by atoms with van der Waals surface area (Å²) < 4.78 is 7.25. The molecule has 146 valence electrons. The summed E-state index contributed by atoms with van der Waals surface area (Å²) in [6.07, 6.45) is 2.87. The fourth-order valence-corrected chi connectivity index (χ4v) is 2.95. The molecular weight excluding hydrogens is 374 g/mol. The summed E-state index contributed by atoms with van der Waals surface area (Å²) in [5.41, 5.74) is -0.270. The maximum Gasteiger partial charge on any atom is 0.332 e. The molecule has 0 radical (unpaired) electrons. The average molecular weight is 391 g/mol. The number of hydrogen-bond donors (Lipinski definition) is 1. The second-order valence-corrected chi connectivity index (χ2v) is 6.39. The molecule has 4 rings (SSSR count). The van der Waals surface area contributed by atoms with Gasteiger partial charge in [-0.1, -0.05) is 30.3 Å². The predicted octanol–water partition coefficient (Wildman–Crippen LogP) is 1.07. The Bertz CT molecular complexity index is 1290. The molecule has 0 unspecified atom stereocenters. The number of furan rings is 1. The third-order valence-electron chi connectivity index (χ3n) is 4.45. The van der Waals surface area contributed by atoms with Gasteiger partial charge in [-0.15, -0.1) is 0 Å². The van der Waals surface area contributed by atoms with Gasteiger partial charge in [-0.3, -0.25) is 18.7 Å². The van der Waals surface area contributed by atoms with E-state index in [0.717, 1.165) is 10.1 Å². The van der Waals surface area contributed by atoms with Crippen LogP contribution in [0.1, 0.15) is 5.76 Å². The van der Waals surface area contributed by atoms with Gasteiger partial charge in [0.1, 0.15) is 17.7 Å². The lowest BCUT2D eigenvalue weighted by Gasteiger charge is -2.11. The van der Waals surface area contributed by atoms with E-state index in [2.05, 4.69) is 15.3 Å². The Morgan fingerprint density at radius 3 is 2.66 bits per heavy atom. The van der Waals surface area contributed by atoms with Crippen molar-refractivity contribution in [2.75, 3.05) is 0 Å². The Labute approximate surface area is 164 Å². The lowest BCUT2D eigenvalue weighted by molar-refractivity contribution is -0.122. The fourth-order valence-electron chi connectivity index (χ4n) is 2.95. The number of nitrogens with zero attached hydrogens (tertiary/aromatic N) is 4. The van der Waals surface area contributed by atoms with Gasteiger partial charge < -0.3 is 9.73 Å². The van der Waals surface area contributed by atoms with Gasteiger partial charge in [0.25, 0.3) is 5.56 Å². The molecule has 0 bridgehead atoms. The van der Waals surface area contributed by atoms with Crippen molar-refractivity contribution in [1.82, 2.24) is 24.4 Å². The highest BCUT2D eigenvalue weighted by atomic mass is 16.3. The highest BCUT2D eigenvalue weighted by Gasteiger charge is 2.16. The third-order valence-corrected chi connectivity index (χ3v) is 4.45. The summed E-state index contributed by atoms with van der Waals surface area (Å²) in [4.78, 5) is 46.3. The number of fused-ring (bicyclic) bond motifs is 1. The Morgan fingerprint density at radius 2 is 1.93 bits per heavy atom. The molecule has 3 aromatic heterocycles. The molecule has 3 heterocycles. The number of carbonyl (C=O) groups is 1. The third kappa shape index (κ3) is 3.57. The van der Waals surface area contributed by atoms with E-state index in [1.807, 2.05) is 30.3 Å². The van der Waals surface area contributed by atoms with E-state index in [4.69, 9.17) is 4.42 Å². The molecule has 1 N–H and O–H groups in total. The summed E-state index contributed by atoms with van der Waals surface area (Å²) in [5.74, 6) is 0.488. The largest absolute Gasteiger partial charge is 0.467 e. The molecule has 9 heteroatoms. The minimum atomic E-state index is -0.631. The Morgan fingerprint density at radius 1 is 1.14 bits per heavy atom. The fraction of sp³-hybridized carbons (Fsp3) is 0.150. The number of amides is 1. The zero-order valence-electron chi connectivity index (χ0n) is 15.5. The van der Waals surface area contributed by atoms with Gasteiger partial charge in [0, 0.05) is 18.8 Å². The molecule has 4 aromatic rings. The van der Waals surface area contributed by atoms with E-state index in [0.29, 0.717) is 11.6 Å². The molecule has 1 aromatic carbocycles. The van der Waals surface area contributed by atoms with Gasteiger partial charge in [0.05, 0.1) is 12.8 Å². The van der Waals surface area contributed by atoms with Crippen LogP contribution in [0.3, 0.4) is 0 Å². The van der Waals surface area contributed by atoms with Crippen LogP contribution in [0.5, 0.6) is 0 Å². The van der Waals surface area contributed by atoms with E-state index < -0.39 is 23.7 Å². The lowest BCUT2D eigenvalue weighted by atomic mass is 10.2. The second-order valence-electron chi connectivity index (χ2n) is 6.39. The molecule has 29 heavy (non-hydrogen) atoms. The standard InChI is InChI=1S/C20H17N5O4/c1-24-18-15(11-22-17(23-18)13-6-3-2-4-7-13)19(27)25(20(24)28)12-16(26)21-10-14-8-5-9-29-14/h2-9,11H,10,12H2,1H3,(H,21,26). The number of nitrogens with one attached hydrogen (secondary N) is 1. The van der Waals surface area contributed by atoms with Gasteiger partial charge in [0.2, 0.25) is 5.91 Å². The molecule has 0 atom stereocenters. The van der Waals surface area contributed by atoms with Crippen LogP contribution in [-0.2, 0) is 24.9 Å². The molecule has 9 nitrogen and oxygen atoms in total. The maximum atomic E-state index is 12.8. The van der Waals surface area contributed by atoms with Crippen molar-refractivity contribution in [3.63, 3.8) is 0 Å². The lowest BCUT2D eigenvalue weighted by Crippen LogP contribution is -2.43. The highest BCUT2D eigenvalue weighted by molar-refractivity contribution is 5.78. The summed E-state index contributed by atoms with van der Waals surface area (Å²) in [6.45, 7) is -0.249. The first-order valence-electron chi connectivity index (χ1n) is 8.85. The topological polar surface area (TPSA) is 112 Å². The molecule has 0 fully saturated rings. The normalized spacial score (nSPS) is 10.9. The number of aromatic nitrogens is 4. The van der Waals surface area contributed by atoms with E-state index >= 15 is 0 Å². The van der Waals surface area contributed by atoms with E-state index in [-0.39, 0.29) is 17.6 Å². The molecular formula is C20H17N5O4. The van der Waals surface area contributed by atoms with Crippen molar-refractivity contribution in [3.05, 3.63) is 81.5 Å². The van der Waals surface area contributed by atoms with Crippen LogP contribution in [-0.4, -0.2) is 25.0 Å². The van der Waals surface area contributed by atoms with Gasteiger partial charge in [-0.2, -0.15) is 0 Å². The smallest absolute Gasteiger partial charge is 0.332 e. The van der Waals surface area contributed by atoms with Gasteiger partial charge in [0.15, 0.2) is 11.5 Å². The number of carbonyl (C=O) groups excluding carboxylic acids is 1. The summed E-state index contributed by atoms with van der Waals surface area (Å²) in [5, 5.41) is 2.77. The quantitative estimate of drug-likeness (QED) is 0.545. The predicted molar refractivity (Wildman–Crippen MR) is 105 cm³/mol. The molecule has 0 saturated carbocycles. The van der Waals surface area contributed by atoms with Crippen LogP contribution in [0.25, 0.3) is 22.4 Å². The first kappa shape index (κ1) is 18.4. The average Bonchev–Trinajstić information content (AvgIpc) is 3.28. The van der Waals surface area contributed by atoms with Crippen LogP contribution >= 0.6 is 0 Å². The van der Waals surface area contributed by atoms with Crippen molar-refractivity contribution in [2.24, 2.45) is 7.05 Å². The summed E-state index contributed by atoms with van der Waals surface area (Å²) in [6, 6.07) is 12.7. The first-order chi connectivity index (χ1) is 14.0. The molecule has 0 aliphatic rings. The number of rotatable bonds is 5. The number of benzene rings is 1.